The molecular weight excluding hydrogens is 266 g/mol. The van der Waals surface area contributed by atoms with Crippen LogP contribution in [0.5, 0.6) is 0 Å². The van der Waals surface area contributed by atoms with Crippen molar-refractivity contribution >= 4 is 11.8 Å². The number of hydrogen-bond acceptors (Lipinski definition) is 6. The molecule has 110 valence electrons. The van der Waals surface area contributed by atoms with Gasteiger partial charge in [0.2, 0.25) is 5.95 Å². The van der Waals surface area contributed by atoms with E-state index in [0.29, 0.717) is 0 Å². The van der Waals surface area contributed by atoms with Crippen LogP contribution >= 0.6 is 0 Å². The monoisotopic (exact) mass is 285 g/mol. The first kappa shape index (κ1) is 13.8. The maximum Gasteiger partial charge on any atom is 0.225 e. The third-order valence-corrected chi connectivity index (χ3v) is 3.69. The zero-order chi connectivity index (χ0) is 14.7. The molecule has 21 heavy (non-hydrogen) atoms. The molecule has 0 spiro atoms. The van der Waals surface area contributed by atoms with Gasteiger partial charge in [0.15, 0.2) is 0 Å². The molecule has 1 N–H and O–H groups in total. The number of piperazine rings is 1. The molecule has 3 heterocycles. The van der Waals surface area contributed by atoms with E-state index in [1.54, 1.807) is 25.5 Å². The van der Waals surface area contributed by atoms with Crippen LogP contribution in [0.3, 0.4) is 0 Å². The van der Waals surface area contributed by atoms with Crippen LogP contribution in [-0.4, -0.2) is 46.2 Å². The van der Waals surface area contributed by atoms with Crippen molar-refractivity contribution in [2.24, 2.45) is 0 Å². The molecule has 2 aromatic heterocycles. The number of aliphatic hydroxyl groups is 1. The molecule has 0 amide bonds. The van der Waals surface area contributed by atoms with Crippen molar-refractivity contribution in [3.63, 3.8) is 0 Å². The van der Waals surface area contributed by atoms with Crippen LogP contribution in [-0.2, 0) is 0 Å². The highest BCUT2D eigenvalue weighted by Gasteiger charge is 2.20. The predicted octanol–water partition coefficient (Wildman–Crippen LogP) is 1.25. The average molecular weight is 285 g/mol. The van der Waals surface area contributed by atoms with Gasteiger partial charge in [-0.25, -0.2) is 15.0 Å². The maximum absolute atomic E-state index is 9.67. The molecule has 3 rings (SSSR count). The summed E-state index contributed by atoms with van der Waals surface area (Å²) >= 11 is 0. The lowest BCUT2D eigenvalue weighted by molar-refractivity contribution is 0.199. The second-order valence-corrected chi connectivity index (χ2v) is 5.15. The molecular formula is C15H19N5O. The minimum Gasteiger partial charge on any atom is -0.389 e. The number of hydrogen-bond donors (Lipinski definition) is 1. The molecule has 0 saturated carbocycles. The number of anilines is 2. The van der Waals surface area contributed by atoms with Crippen molar-refractivity contribution in [2.45, 2.75) is 13.0 Å². The summed E-state index contributed by atoms with van der Waals surface area (Å²) in [5, 5.41) is 9.67. The van der Waals surface area contributed by atoms with Gasteiger partial charge in [0.05, 0.1) is 6.10 Å². The van der Waals surface area contributed by atoms with Crippen LogP contribution in [0.25, 0.3) is 0 Å². The fourth-order valence-corrected chi connectivity index (χ4v) is 2.46. The molecule has 0 bridgehead atoms. The normalized spacial score (nSPS) is 16.9. The Morgan fingerprint density at radius 1 is 1.00 bits per heavy atom. The van der Waals surface area contributed by atoms with Crippen LogP contribution in [0.2, 0.25) is 0 Å². The number of rotatable bonds is 3. The van der Waals surface area contributed by atoms with Crippen molar-refractivity contribution in [1.29, 1.82) is 0 Å². The van der Waals surface area contributed by atoms with Gasteiger partial charge < -0.3 is 14.9 Å². The highest BCUT2D eigenvalue weighted by Crippen LogP contribution is 2.20. The minimum absolute atomic E-state index is 0.467. The van der Waals surface area contributed by atoms with Gasteiger partial charge in [-0.05, 0) is 30.7 Å². The zero-order valence-corrected chi connectivity index (χ0v) is 12.1. The van der Waals surface area contributed by atoms with Crippen molar-refractivity contribution < 1.29 is 5.11 Å². The Bertz CT molecular complexity index is 582. The van der Waals surface area contributed by atoms with Crippen LogP contribution in [0.1, 0.15) is 18.6 Å². The molecule has 2 aromatic rings. The van der Waals surface area contributed by atoms with Gasteiger partial charge in [0.1, 0.15) is 5.82 Å². The van der Waals surface area contributed by atoms with Crippen LogP contribution < -0.4 is 9.80 Å². The SMILES string of the molecule is C[C@H](O)c1ccnc(N2CCN(c3ncccn3)CC2)c1. The quantitative estimate of drug-likeness (QED) is 0.915. The summed E-state index contributed by atoms with van der Waals surface area (Å²) in [6.07, 6.45) is 4.82. The summed E-state index contributed by atoms with van der Waals surface area (Å²) in [5.41, 5.74) is 0.897. The van der Waals surface area contributed by atoms with E-state index in [1.807, 2.05) is 18.2 Å². The molecule has 0 aromatic carbocycles. The Kier molecular flexibility index (Phi) is 3.96. The Balaban J connectivity index is 1.67. The van der Waals surface area contributed by atoms with Crippen molar-refractivity contribution in [3.05, 3.63) is 42.4 Å². The lowest BCUT2D eigenvalue weighted by Gasteiger charge is -2.35. The first-order chi connectivity index (χ1) is 10.2. The Morgan fingerprint density at radius 3 is 2.33 bits per heavy atom. The molecule has 1 atom stereocenters. The summed E-state index contributed by atoms with van der Waals surface area (Å²) in [4.78, 5) is 17.4. The first-order valence-electron chi connectivity index (χ1n) is 7.15. The van der Waals surface area contributed by atoms with Crippen molar-refractivity contribution in [2.75, 3.05) is 36.0 Å². The van der Waals surface area contributed by atoms with E-state index in [9.17, 15) is 5.11 Å². The van der Waals surface area contributed by atoms with Crippen molar-refractivity contribution in [1.82, 2.24) is 15.0 Å². The largest absolute Gasteiger partial charge is 0.389 e. The summed E-state index contributed by atoms with van der Waals surface area (Å²) in [7, 11) is 0. The van der Waals surface area contributed by atoms with Gasteiger partial charge in [0, 0.05) is 44.8 Å². The second-order valence-electron chi connectivity index (χ2n) is 5.15. The van der Waals surface area contributed by atoms with Gasteiger partial charge in [-0.3, -0.25) is 0 Å². The van der Waals surface area contributed by atoms with E-state index in [2.05, 4.69) is 24.8 Å². The van der Waals surface area contributed by atoms with E-state index in [1.165, 1.54) is 0 Å². The third kappa shape index (κ3) is 3.11. The van der Waals surface area contributed by atoms with Crippen molar-refractivity contribution in [3.8, 4) is 0 Å². The zero-order valence-electron chi connectivity index (χ0n) is 12.1. The molecule has 0 unspecified atom stereocenters. The minimum atomic E-state index is -0.467. The van der Waals surface area contributed by atoms with Crippen LogP contribution in [0.15, 0.2) is 36.8 Å². The van der Waals surface area contributed by atoms with Gasteiger partial charge in [-0.2, -0.15) is 0 Å². The van der Waals surface area contributed by atoms with Gasteiger partial charge in [-0.1, -0.05) is 0 Å². The Morgan fingerprint density at radius 2 is 1.67 bits per heavy atom. The Labute approximate surface area is 124 Å². The molecule has 0 radical (unpaired) electrons. The highest BCUT2D eigenvalue weighted by molar-refractivity contribution is 5.44. The molecule has 6 nitrogen and oxygen atoms in total. The number of aromatic nitrogens is 3. The molecule has 1 aliphatic rings. The number of aliphatic hydroxyl groups excluding tert-OH is 1. The molecule has 6 heteroatoms. The summed E-state index contributed by atoms with van der Waals surface area (Å²) < 4.78 is 0. The number of pyridine rings is 1. The van der Waals surface area contributed by atoms with E-state index in [-0.39, 0.29) is 0 Å². The lowest BCUT2D eigenvalue weighted by atomic mass is 10.1. The lowest BCUT2D eigenvalue weighted by Crippen LogP contribution is -2.47. The van der Waals surface area contributed by atoms with E-state index < -0.39 is 6.10 Å². The average Bonchev–Trinajstić information content (AvgIpc) is 2.56. The van der Waals surface area contributed by atoms with E-state index in [4.69, 9.17) is 0 Å². The van der Waals surface area contributed by atoms with Gasteiger partial charge >= 0.3 is 0 Å². The Hall–Kier alpha value is -2.21. The second kappa shape index (κ2) is 6.05. The summed E-state index contributed by atoms with van der Waals surface area (Å²) in [6, 6.07) is 5.63. The van der Waals surface area contributed by atoms with Gasteiger partial charge in [-0.15, -0.1) is 0 Å². The van der Waals surface area contributed by atoms with E-state index >= 15 is 0 Å². The maximum atomic E-state index is 9.67. The summed E-state index contributed by atoms with van der Waals surface area (Å²) in [6.45, 7) is 5.24. The molecule has 1 fully saturated rings. The molecule has 0 aliphatic carbocycles. The molecule has 1 aliphatic heterocycles. The first-order valence-corrected chi connectivity index (χ1v) is 7.15. The topological polar surface area (TPSA) is 65.4 Å². The number of nitrogens with zero attached hydrogens (tertiary/aromatic N) is 5. The van der Waals surface area contributed by atoms with Gasteiger partial charge in [0.25, 0.3) is 0 Å². The van der Waals surface area contributed by atoms with Crippen LogP contribution in [0.4, 0.5) is 11.8 Å². The highest BCUT2D eigenvalue weighted by atomic mass is 16.3. The van der Waals surface area contributed by atoms with Crippen LogP contribution in [0, 0.1) is 0 Å². The fraction of sp³-hybridized carbons (Fsp3) is 0.400. The summed E-state index contributed by atoms with van der Waals surface area (Å²) in [5.74, 6) is 1.70. The third-order valence-electron chi connectivity index (χ3n) is 3.69. The molecule has 1 saturated heterocycles. The smallest absolute Gasteiger partial charge is 0.225 e. The standard InChI is InChI=1S/C15H19N5O/c1-12(21)13-3-6-16-14(11-13)19-7-9-20(10-8-19)15-17-4-2-5-18-15/h2-6,11-12,21H,7-10H2,1H3/t12-/m0/s1. The predicted molar refractivity (Wildman–Crippen MR) is 81.3 cm³/mol. The fourth-order valence-electron chi connectivity index (χ4n) is 2.46. The van der Waals surface area contributed by atoms with E-state index in [0.717, 1.165) is 43.5 Å².